The monoisotopic (exact) mass is 804 g/mol. The smallest absolute Gasteiger partial charge is 0.323 e. The third-order valence-corrected chi connectivity index (χ3v) is 19.9. The first-order chi connectivity index (χ1) is 25.9. The zero-order valence-corrected chi connectivity index (χ0v) is 38.5. The summed E-state index contributed by atoms with van der Waals surface area (Å²) in [4.78, 5) is 13.7. The molecule has 2 heterocycles. The second kappa shape index (κ2) is 17.0. The van der Waals surface area contributed by atoms with E-state index in [1.165, 1.54) is 5.56 Å². The Bertz CT molecular complexity index is 2130. The van der Waals surface area contributed by atoms with Gasteiger partial charge in [0.05, 0.1) is 11.4 Å². The molecule has 56 heavy (non-hydrogen) atoms. The Morgan fingerprint density at radius 3 is 1.61 bits per heavy atom. The zero-order chi connectivity index (χ0) is 41.7. The van der Waals surface area contributed by atoms with E-state index in [2.05, 4.69) is 132 Å². The van der Waals surface area contributed by atoms with Crippen LogP contribution >= 0.6 is 0 Å². The number of nitrogens with zero attached hydrogens (tertiary/aromatic N) is 2. The first-order valence-corrected chi connectivity index (χ1v) is 28.3. The fourth-order valence-electron chi connectivity index (χ4n) is 5.28. The summed E-state index contributed by atoms with van der Waals surface area (Å²) in [6.45, 7) is 28.4. The molecule has 296 valence electrons. The molecule has 3 N–H and O–H groups in total. The van der Waals surface area contributed by atoms with Gasteiger partial charge in [0.2, 0.25) is 16.6 Å². The van der Waals surface area contributed by atoms with Gasteiger partial charge in [-0.2, -0.15) is 5.26 Å². The highest BCUT2D eigenvalue weighted by molar-refractivity contribution is 6.75. The van der Waals surface area contributed by atoms with Gasteiger partial charge in [0.15, 0.2) is 0 Å². The quantitative estimate of drug-likeness (QED) is 0.135. The summed E-state index contributed by atoms with van der Waals surface area (Å²) < 4.78 is 17.5. The van der Waals surface area contributed by atoms with Gasteiger partial charge in [-0.05, 0) is 116 Å². The van der Waals surface area contributed by atoms with Crippen molar-refractivity contribution < 1.29 is 18.1 Å². The van der Waals surface area contributed by atoms with Gasteiger partial charge in [0.1, 0.15) is 11.5 Å². The first-order valence-electron chi connectivity index (χ1n) is 19.1. The topological polar surface area (TPSA) is 110 Å². The van der Waals surface area contributed by atoms with Crippen LogP contribution in [0.4, 0.5) is 27.5 Å². The molecule has 0 spiro atoms. The Morgan fingerprint density at radius 1 is 0.625 bits per heavy atom. The minimum Gasteiger partial charge on any atom is -0.543 e. The van der Waals surface area contributed by atoms with Crippen LogP contribution in [-0.4, -0.2) is 31.0 Å². The molecule has 2 aliphatic heterocycles. The van der Waals surface area contributed by atoms with Gasteiger partial charge < -0.3 is 24.3 Å². The summed E-state index contributed by atoms with van der Waals surface area (Å²) in [5.41, 5.74) is 13.7. The molecular formula is C45H60N4O4Si3. The maximum atomic E-state index is 12.2. The second-order valence-electron chi connectivity index (χ2n) is 18.1. The van der Waals surface area contributed by atoms with Crippen LogP contribution in [0.3, 0.4) is 0 Å². The fourth-order valence-corrected chi connectivity index (χ4v) is 7.60. The van der Waals surface area contributed by atoms with E-state index in [9.17, 15) is 4.79 Å². The van der Waals surface area contributed by atoms with Gasteiger partial charge >= 0.3 is 6.03 Å². The molecule has 11 heteroatoms. The molecule has 0 saturated carbocycles. The highest BCUT2D eigenvalue weighted by atomic mass is 28.4. The lowest BCUT2D eigenvalue weighted by atomic mass is 10.1. The average molecular weight is 805 g/mol. The van der Waals surface area contributed by atoms with E-state index in [0.717, 1.165) is 50.9 Å². The molecule has 4 aromatic carbocycles. The number of nitriles is 1. The number of nitrogens with two attached hydrogens (primary N) is 1. The van der Waals surface area contributed by atoms with E-state index in [1.807, 2.05) is 74.3 Å². The molecule has 0 radical (unpaired) electrons. The van der Waals surface area contributed by atoms with Crippen molar-refractivity contribution in [3.8, 4) is 17.8 Å². The Hall–Kier alpha value is -5.03. The highest BCUT2D eigenvalue weighted by Gasteiger charge is 2.40. The lowest BCUT2D eigenvalue weighted by Gasteiger charge is -2.36. The van der Waals surface area contributed by atoms with Crippen LogP contribution in [0.15, 0.2) is 84.9 Å². The number of amides is 2. The van der Waals surface area contributed by atoms with Gasteiger partial charge in [-0.3, -0.25) is 4.90 Å². The van der Waals surface area contributed by atoms with E-state index in [-0.39, 0.29) is 10.1 Å². The average Bonchev–Trinajstić information content (AvgIpc) is 3.37. The van der Waals surface area contributed by atoms with Crippen LogP contribution in [0.1, 0.15) is 63.8 Å². The van der Waals surface area contributed by atoms with Gasteiger partial charge in [-0.25, -0.2) is 4.79 Å². The molecule has 6 rings (SSSR count). The zero-order valence-electron chi connectivity index (χ0n) is 35.5. The molecule has 0 saturated heterocycles. The number of carbonyl (C=O) groups excluding carboxylic acids is 1. The van der Waals surface area contributed by atoms with Gasteiger partial charge in [0.25, 0.3) is 14.6 Å². The van der Waals surface area contributed by atoms with Crippen molar-refractivity contribution in [3.05, 3.63) is 107 Å². The molecule has 0 unspecified atom stereocenters. The standard InChI is InChI=1S/C21H26N2O2Si.C20H25NOSi.C4H9NOSi/c1-21(2,3)26(4,5)25-17-12-13-19-16(14-17)11-10-15-8-6-7-9-18(15)23(19)20(22)24;1-20(2,3)23(4,5)22-17-12-13-19-16(14-17)11-10-15-8-6-7-9-18(15)21-19;1-7(2,3)6-4-5/h6-14H,1-5H3,(H2,22,24);6-14,21H,1-5H3;1-3H3. The number of fused-ring (bicyclic) bond motifs is 4. The number of hydrogen-bond acceptors (Lipinski definition) is 6. The number of para-hydroxylation sites is 2. The Kier molecular flexibility index (Phi) is 13.3. The summed E-state index contributed by atoms with van der Waals surface area (Å²) in [6, 6.07) is 27.7. The Balaban J connectivity index is 0.000000214. The largest absolute Gasteiger partial charge is 0.543 e. The molecule has 2 aliphatic rings. The molecule has 0 fully saturated rings. The van der Waals surface area contributed by atoms with Crippen molar-refractivity contribution in [3.63, 3.8) is 0 Å². The normalized spacial score (nSPS) is 13.2. The van der Waals surface area contributed by atoms with Crippen LogP contribution in [0.25, 0.3) is 24.3 Å². The minimum atomic E-state index is -1.94. The van der Waals surface area contributed by atoms with E-state index in [1.54, 1.807) is 11.2 Å². The Morgan fingerprint density at radius 2 is 1.07 bits per heavy atom. The van der Waals surface area contributed by atoms with E-state index in [0.29, 0.717) is 0 Å². The van der Waals surface area contributed by atoms with Gasteiger partial charge in [0, 0.05) is 22.5 Å². The molecule has 0 aliphatic carbocycles. The van der Waals surface area contributed by atoms with Crippen LogP contribution in [-0.2, 0) is 4.43 Å². The van der Waals surface area contributed by atoms with Crippen molar-refractivity contribution in [1.82, 2.24) is 0 Å². The summed E-state index contributed by atoms with van der Waals surface area (Å²) >= 11 is 0. The van der Waals surface area contributed by atoms with Crippen molar-refractivity contribution in [2.45, 2.75) is 97.4 Å². The third kappa shape index (κ3) is 11.1. The Labute approximate surface area is 338 Å². The summed E-state index contributed by atoms with van der Waals surface area (Å²) in [5.74, 6) is 1.79. The van der Waals surface area contributed by atoms with Crippen molar-refractivity contribution >= 4 is 78.0 Å². The van der Waals surface area contributed by atoms with E-state index in [4.69, 9.17) is 19.8 Å². The maximum Gasteiger partial charge on any atom is 0.323 e. The lowest BCUT2D eigenvalue weighted by molar-refractivity contribution is 0.256. The van der Waals surface area contributed by atoms with Gasteiger partial charge in [-0.1, -0.05) is 102 Å². The van der Waals surface area contributed by atoms with E-state index < -0.39 is 31.0 Å². The molecular weight excluding hydrogens is 745 g/mol. The molecule has 0 bridgehead atoms. The number of nitrogens with one attached hydrogen (secondary N) is 1. The summed E-state index contributed by atoms with van der Waals surface area (Å²) in [6.07, 6.45) is 10.0. The van der Waals surface area contributed by atoms with Crippen LogP contribution in [0, 0.1) is 11.5 Å². The first kappa shape index (κ1) is 43.7. The molecule has 8 nitrogen and oxygen atoms in total. The van der Waals surface area contributed by atoms with Crippen molar-refractivity contribution in [2.75, 3.05) is 10.2 Å². The lowest BCUT2D eigenvalue weighted by Crippen LogP contribution is -2.43. The molecule has 2 amide bonds. The summed E-state index contributed by atoms with van der Waals surface area (Å²) in [7, 11) is -5.27. The third-order valence-electron chi connectivity index (χ3n) is 10.5. The van der Waals surface area contributed by atoms with Gasteiger partial charge in [-0.15, -0.1) is 0 Å². The van der Waals surface area contributed by atoms with Crippen molar-refractivity contribution in [1.29, 1.82) is 5.26 Å². The number of rotatable bonds is 5. The fraction of sp³-hybridized carbons (Fsp3) is 0.333. The molecule has 4 aromatic rings. The van der Waals surface area contributed by atoms with Crippen LogP contribution < -0.4 is 24.8 Å². The number of urea groups is 1. The van der Waals surface area contributed by atoms with Crippen LogP contribution in [0.2, 0.25) is 55.9 Å². The van der Waals surface area contributed by atoms with Crippen LogP contribution in [0.5, 0.6) is 11.5 Å². The predicted molar refractivity (Wildman–Crippen MR) is 244 cm³/mol. The maximum absolute atomic E-state index is 12.2. The molecule has 0 aromatic heterocycles. The molecule has 0 atom stereocenters. The minimum absolute atomic E-state index is 0.116. The number of benzene rings is 4. The number of anilines is 4. The predicted octanol–water partition coefficient (Wildman–Crippen LogP) is 13.4. The number of carbonyl (C=O) groups is 1. The number of primary amides is 1. The second-order valence-corrected chi connectivity index (χ2v) is 32.0. The SMILES string of the molecule is CC(C)(C)[Si](C)(C)Oc1ccc2c(c1)C=Cc1ccccc1N2.CC(C)(C)[Si](C)(C)Oc1ccc2c(c1)C=Cc1ccccc1N2C(N)=O.C[Si](C)(C)OC#N. The van der Waals surface area contributed by atoms with E-state index >= 15 is 0 Å². The summed E-state index contributed by atoms with van der Waals surface area (Å²) in [5, 5.41) is 11.8. The highest BCUT2D eigenvalue weighted by Crippen LogP contribution is 2.42. The number of hydrogen-bond donors (Lipinski definition) is 2. The van der Waals surface area contributed by atoms with Crippen molar-refractivity contribution in [2.24, 2.45) is 5.73 Å².